The minimum absolute atomic E-state index is 0.0971. The van der Waals surface area contributed by atoms with E-state index in [4.69, 9.17) is 4.74 Å². The molecule has 1 aromatic carbocycles. The smallest absolute Gasteiger partial charge is 0.255 e. The van der Waals surface area contributed by atoms with Gasteiger partial charge in [-0.25, -0.2) is 14.4 Å². The summed E-state index contributed by atoms with van der Waals surface area (Å²) in [7, 11) is 1.37. The monoisotopic (exact) mass is 316 g/mol. The van der Waals surface area contributed by atoms with Crippen molar-refractivity contribution >= 4 is 17.5 Å². The topological polar surface area (TPSA) is 67.3 Å². The summed E-state index contributed by atoms with van der Waals surface area (Å²) >= 11 is 0. The molecule has 1 aromatic heterocycles. The second-order valence-corrected chi connectivity index (χ2v) is 5.27. The average Bonchev–Trinajstić information content (AvgIpc) is 3.10. The van der Waals surface area contributed by atoms with Gasteiger partial charge in [-0.05, 0) is 31.0 Å². The van der Waals surface area contributed by atoms with Gasteiger partial charge < -0.3 is 15.0 Å². The van der Waals surface area contributed by atoms with Gasteiger partial charge in [0.2, 0.25) is 5.95 Å². The summed E-state index contributed by atoms with van der Waals surface area (Å²) in [5.41, 5.74) is 0.668. The zero-order valence-electron chi connectivity index (χ0n) is 12.8. The fourth-order valence-corrected chi connectivity index (χ4v) is 2.48. The van der Waals surface area contributed by atoms with Crippen molar-refractivity contribution in [2.45, 2.75) is 12.8 Å². The van der Waals surface area contributed by atoms with E-state index in [1.54, 1.807) is 12.4 Å². The molecule has 120 valence electrons. The molecule has 1 saturated heterocycles. The number of hydrogen-bond acceptors (Lipinski definition) is 5. The van der Waals surface area contributed by atoms with Crippen LogP contribution in [0.4, 0.5) is 16.0 Å². The van der Waals surface area contributed by atoms with Gasteiger partial charge in [0.25, 0.3) is 5.91 Å². The van der Waals surface area contributed by atoms with Gasteiger partial charge in [0.15, 0.2) is 11.6 Å². The molecule has 0 aliphatic carbocycles. The van der Waals surface area contributed by atoms with Crippen LogP contribution in [0.1, 0.15) is 23.2 Å². The Labute approximate surface area is 133 Å². The molecule has 1 aliphatic heterocycles. The van der Waals surface area contributed by atoms with Crippen LogP contribution >= 0.6 is 0 Å². The van der Waals surface area contributed by atoms with Crippen LogP contribution in [0.15, 0.2) is 30.6 Å². The molecule has 1 N–H and O–H groups in total. The van der Waals surface area contributed by atoms with E-state index in [0.29, 0.717) is 11.6 Å². The summed E-state index contributed by atoms with van der Waals surface area (Å²) in [5, 5.41) is 2.65. The second kappa shape index (κ2) is 6.60. The highest BCUT2D eigenvalue weighted by molar-refractivity contribution is 6.04. The number of carbonyl (C=O) groups excluding carboxylic acids is 1. The standard InChI is InChI=1S/C16H17FN4O2/c1-23-14-5-4-11(8-13(14)17)15(22)20-12-9-18-16(19-10-12)21-6-2-3-7-21/h4-5,8-10H,2-3,6-7H2,1H3,(H,20,22). The van der Waals surface area contributed by atoms with Crippen LogP contribution in [0.25, 0.3) is 0 Å². The molecule has 0 bridgehead atoms. The zero-order chi connectivity index (χ0) is 16.2. The number of rotatable bonds is 4. The van der Waals surface area contributed by atoms with E-state index in [9.17, 15) is 9.18 Å². The van der Waals surface area contributed by atoms with Gasteiger partial charge in [-0.1, -0.05) is 0 Å². The Kier molecular flexibility index (Phi) is 4.36. The van der Waals surface area contributed by atoms with Gasteiger partial charge in [0.05, 0.1) is 25.2 Å². The summed E-state index contributed by atoms with van der Waals surface area (Å²) in [6, 6.07) is 4.04. The summed E-state index contributed by atoms with van der Waals surface area (Å²) in [6.45, 7) is 1.91. The average molecular weight is 316 g/mol. The maximum atomic E-state index is 13.6. The number of anilines is 2. The van der Waals surface area contributed by atoms with Gasteiger partial charge in [-0.3, -0.25) is 4.79 Å². The van der Waals surface area contributed by atoms with Crippen molar-refractivity contribution in [1.82, 2.24) is 9.97 Å². The molecule has 0 saturated carbocycles. The quantitative estimate of drug-likeness (QED) is 0.938. The number of hydrogen-bond donors (Lipinski definition) is 1. The van der Waals surface area contributed by atoms with Gasteiger partial charge in [-0.2, -0.15) is 0 Å². The molecule has 0 spiro atoms. The molecule has 2 heterocycles. The van der Waals surface area contributed by atoms with Crippen molar-refractivity contribution in [2.24, 2.45) is 0 Å². The molecular weight excluding hydrogens is 299 g/mol. The van der Waals surface area contributed by atoms with Crippen molar-refractivity contribution in [2.75, 3.05) is 30.4 Å². The second-order valence-electron chi connectivity index (χ2n) is 5.27. The molecule has 0 unspecified atom stereocenters. The first kappa shape index (κ1) is 15.2. The molecule has 1 fully saturated rings. The van der Waals surface area contributed by atoms with Gasteiger partial charge in [0, 0.05) is 18.7 Å². The predicted octanol–water partition coefficient (Wildman–Crippen LogP) is 2.48. The third kappa shape index (κ3) is 3.39. The van der Waals surface area contributed by atoms with Crippen LogP contribution in [0.3, 0.4) is 0 Å². The number of methoxy groups -OCH3 is 1. The van der Waals surface area contributed by atoms with E-state index in [-0.39, 0.29) is 11.3 Å². The summed E-state index contributed by atoms with van der Waals surface area (Å²) in [5.74, 6) is -0.249. The summed E-state index contributed by atoms with van der Waals surface area (Å²) in [6.07, 6.45) is 5.40. The first-order valence-corrected chi connectivity index (χ1v) is 7.39. The minimum Gasteiger partial charge on any atom is -0.494 e. The Bertz CT molecular complexity index is 700. The van der Waals surface area contributed by atoms with Crippen molar-refractivity contribution < 1.29 is 13.9 Å². The fraction of sp³-hybridized carbons (Fsp3) is 0.312. The van der Waals surface area contributed by atoms with Crippen LogP contribution in [0.2, 0.25) is 0 Å². The third-order valence-electron chi connectivity index (χ3n) is 3.70. The summed E-state index contributed by atoms with van der Waals surface area (Å²) < 4.78 is 18.5. The lowest BCUT2D eigenvalue weighted by molar-refractivity contribution is 0.102. The molecule has 7 heteroatoms. The Balaban J connectivity index is 1.68. The molecule has 23 heavy (non-hydrogen) atoms. The van der Waals surface area contributed by atoms with Crippen LogP contribution in [-0.4, -0.2) is 36.1 Å². The van der Waals surface area contributed by atoms with E-state index in [2.05, 4.69) is 20.2 Å². The van der Waals surface area contributed by atoms with Crippen molar-refractivity contribution in [3.05, 3.63) is 42.0 Å². The number of aromatic nitrogens is 2. The number of amides is 1. The number of nitrogens with zero attached hydrogens (tertiary/aromatic N) is 3. The molecule has 3 rings (SSSR count). The first-order valence-electron chi connectivity index (χ1n) is 7.39. The lowest BCUT2D eigenvalue weighted by Crippen LogP contribution is -2.20. The SMILES string of the molecule is COc1ccc(C(=O)Nc2cnc(N3CCCC3)nc2)cc1F. The largest absolute Gasteiger partial charge is 0.494 e. The van der Waals surface area contributed by atoms with E-state index in [1.807, 2.05) is 0 Å². The Morgan fingerprint density at radius 1 is 1.26 bits per heavy atom. The molecule has 1 aliphatic rings. The Hall–Kier alpha value is -2.70. The minimum atomic E-state index is -0.583. The van der Waals surface area contributed by atoms with Gasteiger partial charge in [0.1, 0.15) is 0 Å². The van der Waals surface area contributed by atoms with Crippen LogP contribution < -0.4 is 15.0 Å². The maximum absolute atomic E-state index is 13.6. The first-order chi connectivity index (χ1) is 11.2. The maximum Gasteiger partial charge on any atom is 0.255 e. The number of nitrogens with one attached hydrogen (secondary N) is 1. The third-order valence-corrected chi connectivity index (χ3v) is 3.70. The predicted molar refractivity (Wildman–Crippen MR) is 84.4 cm³/mol. The van der Waals surface area contributed by atoms with Crippen molar-refractivity contribution in [3.63, 3.8) is 0 Å². The van der Waals surface area contributed by atoms with Crippen LogP contribution in [0, 0.1) is 5.82 Å². The lowest BCUT2D eigenvalue weighted by atomic mass is 10.2. The number of benzene rings is 1. The van der Waals surface area contributed by atoms with Crippen molar-refractivity contribution in [1.29, 1.82) is 0 Å². The number of carbonyl (C=O) groups is 1. The van der Waals surface area contributed by atoms with Crippen LogP contribution in [-0.2, 0) is 0 Å². The highest BCUT2D eigenvalue weighted by Crippen LogP contribution is 2.19. The highest BCUT2D eigenvalue weighted by atomic mass is 19.1. The van der Waals surface area contributed by atoms with Crippen LogP contribution in [0.5, 0.6) is 5.75 Å². The lowest BCUT2D eigenvalue weighted by Gasteiger charge is -2.14. The molecule has 6 nitrogen and oxygen atoms in total. The highest BCUT2D eigenvalue weighted by Gasteiger charge is 2.15. The molecule has 1 amide bonds. The molecular formula is C16H17FN4O2. The number of ether oxygens (including phenoxy) is 1. The zero-order valence-corrected chi connectivity index (χ0v) is 12.8. The molecule has 0 radical (unpaired) electrons. The van der Waals surface area contributed by atoms with Gasteiger partial charge >= 0.3 is 0 Å². The summed E-state index contributed by atoms with van der Waals surface area (Å²) in [4.78, 5) is 22.7. The van der Waals surface area contributed by atoms with E-state index in [0.717, 1.165) is 32.0 Å². The fourth-order valence-electron chi connectivity index (χ4n) is 2.48. The Morgan fingerprint density at radius 2 is 1.96 bits per heavy atom. The van der Waals surface area contributed by atoms with E-state index >= 15 is 0 Å². The molecule has 0 atom stereocenters. The van der Waals surface area contributed by atoms with Gasteiger partial charge in [-0.15, -0.1) is 0 Å². The molecule has 2 aromatic rings. The van der Waals surface area contributed by atoms with Crippen molar-refractivity contribution in [3.8, 4) is 5.75 Å². The number of halogens is 1. The Morgan fingerprint density at radius 3 is 2.57 bits per heavy atom. The van der Waals surface area contributed by atoms with E-state index in [1.165, 1.54) is 19.2 Å². The normalized spacial score (nSPS) is 13.9. The van der Waals surface area contributed by atoms with E-state index < -0.39 is 11.7 Å².